The number of aryl methyl sites for hydroxylation is 1. The van der Waals surface area contributed by atoms with Crippen LogP contribution in [0, 0.1) is 12.8 Å². The van der Waals surface area contributed by atoms with E-state index in [0.29, 0.717) is 5.92 Å². The molecule has 80 valence electrons. The molecule has 0 spiro atoms. The van der Waals surface area contributed by atoms with E-state index in [1.165, 1.54) is 0 Å². The molecule has 0 atom stereocenters. The molecule has 0 aliphatic rings. The maximum atomic E-state index is 6.04. The van der Waals surface area contributed by atoms with Gasteiger partial charge in [0.1, 0.15) is 11.6 Å². The van der Waals surface area contributed by atoms with Crippen LogP contribution in [0.15, 0.2) is 0 Å². The van der Waals surface area contributed by atoms with Crippen LogP contribution in [0.5, 0.6) is 0 Å². The zero-order chi connectivity index (χ0) is 10.7. The number of nitrogen functional groups attached to an aromatic ring is 1. The topological polar surface area (TPSA) is 43.8 Å². The second-order valence-electron chi connectivity index (χ2n) is 4.24. The fraction of sp³-hybridized carbons (Fsp3) is 0.727. The molecule has 1 aromatic heterocycles. The SMILES string of the molecule is CCCn1c(C)nc(CC(C)C)c1N. The number of hydrogen-bond donors (Lipinski definition) is 1. The molecular formula is C11H21N3. The molecule has 0 saturated heterocycles. The smallest absolute Gasteiger partial charge is 0.126 e. The maximum Gasteiger partial charge on any atom is 0.126 e. The number of anilines is 1. The van der Waals surface area contributed by atoms with E-state index in [2.05, 4.69) is 30.3 Å². The Hall–Kier alpha value is -0.990. The molecule has 0 fully saturated rings. The predicted octanol–water partition coefficient (Wildman–Crippen LogP) is 2.38. The van der Waals surface area contributed by atoms with E-state index in [1.54, 1.807) is 0 Å². The van der Waals surface area contributed by atoms with Crippen LogP contribution in [0.25, 0.3) is 0 Å². The van der Waals surface area contributed by atoms with Crippen LogP contribution >= 0.6 is 0 Å². The van der Waals surface area contributed by atoms with Crippen LogP contribution < -0.4 is 5.73 Å². The Morgan fingerprint density at radius 1 is 1.43 bits per heavy atom. The fourth-order valence-corrected chi connectivity index (χ4v) is 1.69. The van der Waals surface area contributed by atoms with Crippen molar-refractivity contribution in [1.29, 1.82) is 0 Å². The molecule has 0 amide bonds. The monoisotopic (exact) mass is 195 g/mol. The molecule has 0 bridgehead atoms. The Morgan fingerprint density at radius 2 is 2.07 bits per heavy atom. The lowest BCUT2D eigenvalue weighted by atomic mass is 10.1. The maximum absolute atomic E-state index is 6.04. The van der Waals surface area contributed by atoms with E-state index in [4.69, 9.17) is 5.73 Å². The molecule has 3 heteroatoms. The highest BCUT2D eigenvalue weighted by Gasteiger charge is 2.11. The summed E-state index contributed by atoms with van der Waals surface area (Å²) in [4.78, 5) is 4.51. The number of nitrogens with zero attached hydrogens (tertiary/aromatic N) is 2. The summed E-state index contributed by atoms with van der Waals surface area (Å²) in [6, 6.07) is 0. The van der Waals surface area contributed by atoms with Gasteiger partial charge in [-0.2, -0.15) is 0 Å². The summed E-state index contributed by atoms with van der Waals surface area (Å²) >= 11 is 0. The van der Waals surface area contributed by atoms with Crippen molar-refractivity contribution in [3.05, 3.63) is 11.5 Å². The van der Waals surface area contributed by atoms with Gasteiger partial charge >= 0.3 is 0 Å². The van der Waals surface area contributed by atoms with Crippen molar-refractivity contribution in [1.82, 2.24) is 9.55 Å². The van der Waals surface area contributed by atoms with Crippen LogP contribution in [0.1, 0.15) is 38.7 Å². The van der Waals surface area contributed by atoms with Crippen molar-refractivity contribution in [2.75, 3.05) is 5.73 Å². The van der Waals surface area contributed by atoms with Crippen LogP contribution in [0.2, 0.25) is 0 Å². The molecule has 0 aliphatic heterocycles. The molecule has 1 rings (SSSR count). The summed E-state index contributed by atoms with van der Waals surface area (Å²) in [6.45, 7) is 9.53. The van der Waals surface area contributed by atoms with Crippen molar-refractivity contribution in [3.8, 4) is 0 Å². The summed E-state index contributed by atoms with van der Waals surface area (Å²) < 4.78 is 2.11. The van der Waals surface area contributed by atoms with Gasteiger partial charge in [-0.25, -0.2) is 4.98 Å². The Bertz CT molecular complexity index is 300. The lowest BCUT2D eigenvalue weighted by molar-refractivity contribution is 0.637. The van der Waals surface area contributed by atoms with Gasteiger partial charge in [-0.1, -0.05) is 20.8 Å². The van der Waals surface area contributed by atoms with Crippen molar-refractivity contribution in [2.45, 2.75) is 47.1 Å². The highest BCUT2D eigenvalue weighted by Crippen LogP contribution is 2.17. The molecule has 0 radical (unpaired) electrons. The average molecular weight is 195 g/mol. The lowest BCUT2D eigenvalue weighted by Gasteiger charge is -2.06. The summed E-state index contributed by atoms with van der Waals surface area (Å²) in [7, 11) is 0. The average Bonchev–Trinajstić information content (AvgIpc) is 2.32. The molecule has 0 saturated carbocycles. The Kier molecular flexibility index (Phi) is 3.55. The van der Waals surface area contributed by atoms with Gasteiger partial charge in [0, 0.05) is 6.54 Å². The van der Waals surface area contributed by atoms with Crippen molar-refractivity contribution in [2.24, 2.45) is 5.92 Å². The van der Waals surface area contributed by atoms with Crippen molar-refractivity contribution < 1.29 is 0 Å². The Morgan fingerprint density at radius 3 is 2.57 bits per heavy atom. The number of nitrogens with two attached hydrogens (primary N) is 1. The molecule has 14 heavy (non-hydrogen) atoms. The molecule has 1 aromatic rings. The predicted molar refractivity (Wildman–Crippen MR) is 60.2 cm³/mol. The van der Waals surface area contributed by atoms with Gasteiger partial charge in [-0.3, -0.25) is 0 Å². The molecule has 3 nitrogen and oxygen atoms in total. The lowest BCUT2D eigenvalue weighted by Crippen LogP contribution is -2.05. The number of hydrogen-bond acceptors (Lipinski definition) is 2. The second-order valence-corrected chi connectivity index (χ2v) is 4.24. The Labute approximate surface area is 86.3 Å². The third-order valence-corrected chi connectivity index (χ3v) is 2.32. The first-order chi connectivity index (χ1) is 6.56. The molecular weight excluding hydrogens is 174 g/mol. The van der Waals surface area contributed by atoms with Crippen molar-refractivity contribution >= 4 is 5.82 Å². The molecule has 1 heterocycles. The third-order valence-electron chi connectivity index (χ3n) is 2.32. The van der Waals surface area contributed by atoms with E-state index in [-0.39, 0.29) is 0 Å². The van der Waals surface area contributed by atoms with Crippen LogP contribution in [-0.2, 0) is 13.0 Å². The molecule has 2 N–H and O–H groups in total. The normalized spacial score (nSPS) is 11.2. The minimum Gasteiger partial charge on any atom is -0.384 e. The first-order valence-electron chi connectivity index (χ1n) is 5.37. The van der Waals surface area contributed by atoms with E-state index < -0.39 is 0 Å². The highest BCUT2D eigenvalue weighted by atomic mass is 15.1. The van der Waals surface area contributed by atoms with Gasteiger partial charge in [0.2, 0.25) is 0 Å². The van der Waals surface area contributed by atoms with Gasteiger partial charge in [-0.05, 0) is 25.7 Å². The first kappa shape index (κ1) is 11.1. The molecule has 0 aromatic carbocycles. The number of aromatic nitrogens is 2. The van der Waals surface area contributed by atoms with Gasteiger partial charge in [0.05, 0.1) is 5.69 Å². The summed E-state index contributed by atoms with van der Waals surface area (Å²) in [6.07, 6.45) is 2.08. The van der Waals surface area contributed by atoms with E-state index in [1.807, 2.05) is 6.92 Å². The van der Waals surface area contributed by atoms with Gasteiger partial charge in [0.15, 0.2) is 0 Å². The first-order valence-corrected chi connectivity index (χ1v) is 5.37. The van der Waals surface area contributed by atoms with Crippen molar-refractivity contribution in [3.63, 3.8) is 0 Å². The van der Waals surface area contributed by atoms with Crippen LogP contribution in [-0.4, -0.2) is 9.55 Å². The number of imidazole rings is 1. The zero-order valence-electron chi connectivity index (χ0n) is 9.67. The molecule has 0 unspecified atom stereocenters. The minimum atomic E-state index is 0.613. The third kappa shape index (κ3) is 2.28. The van der Waals surface area contributed by atoms with Crippen LogP contribution in [0.4, 0.5) is 5.82 Å². The number of rotatable bonds is 4. The largest absolute Gasteiger partial charge is 0.384 e. The highest BCUT2D eigenvalue weighted by molar-refractivity contribution is 5.38. The molecule has 0 aliphatic carbocycles. The minimum absolute atomic E-state index is 0.613. The standard InChI is InChI=1S/C11H21N3/c1-5-6-14-9(4)13-10(11(14)12)7-8(2)3/h8H,5-7,12H2,1-4H3. The van der Waals surface area contributed by atoms with Gasteiger partial charge in [-0.15, -0.1) is 0 Å². The fourth-order valence-electron chi connectivity index (χ4n) is 1.69. The van der Waals surface area contributed by atoms with E-state index >= 15 is 0 Å². The quantitative estimate of drug-likeness (QED) is 0.801. The van der Waals surface area contributed by atoms with Gasteiger partial charge < -0.3 is 10.3 Å². The zero-order valence-corrected chi connectivity index (χ0v) is 9.67. The van der Waals surface area contributed by atoms with E-state index in [9.17, 15) is 0 Å². The summed E-state index contributed by atoms with van der Waals surface area (Å²) in [5, 5.41) is 0. The Balaban J connectivity index is 2.92. The van der Waals surface area contributed by atoms with Crippen LogP contribution in [0.3, 0.4) is 0 Å². The summed E-state index contributed by atoms with van der Waals surface area (Å²) in [5.41, 5.74) is 7.10. The second kappa shape index (κ2) is 4.49. The summed E-state index contributed by atoms with van der Waals surface area (Å²) in [5.74, 6) is 2.51. The van der Waals surface area contributed by atoms with Gasteiger partial charge in [0.25, 0.3) is 0 Å². The van der Waals surface area contributed by atoms with E-state index in [0.717, 1.165) is 36.7 Å².